The molecule has 1 unspecified atom stereocenters. The average Bonchev–Trinajstić information content (AvgIpc) is 1.69. The zero-order valence-electron chi connectivity index (χ0n) is 4.48. The molecule has 0 fully saturated rings. The van der Waals surface area contributed by atoms with Crippen LogP contribution in [0.3, 0.4) is 0 Å². The van der Waals surface area contributed by atoms with E-state index in [9.17, 15) is 0 Å². The summed E-state index contributed by atoms with van der Waals surface area (Å²) in [6.07, 6.45) is 4.30. The van der Waals surface area contributed by atoms with Crippen molar-refractivity contribution in [3.8, 4) is 0 Å². The minimum atomic E-state index is 0.914. The van der Waals surface area contributed by atoms with E-state index in [-0.39, 0.29) is 0 Å². The van der Waals surface area contributed by atoms with Gasteiger partial charge in [0.05, 0.1) is 0 Å². The zero-order chi connectivity index (χ0) is 5.54. The van der Waals surface area contributed by atoms with Gasteiger partial charge in [0.2, 0.25) is 0 Å². The monoisotopic (exact) mass is 114 g/mol. The second-order valence-corrected chi connectivity index (χ2v) is 2.55. The number of hydrogen-bond acceptors (Lipinski definition) is 0. The van der Waals surface area contributed by atoms with Crippen LogP contribution >= 0.6 is 8.58 Å². The molecule has 0 bridgehead atoms. The van der Waals surface area contributed by atoms with E-state index in [0.717, 1.165) is 15.0 Å². The number of hydrogen-bond donors (Lipinski definition) is 0. The normalized spacial score (nSPS) is 9.71. The summed E-state index contributed by atoms with van der Waals surface area (Å²) in [5.41, 5.74) is 0. The van der Waals surface area contributed by atoms with E-state index in [0.29, 0.717) is 0 Å². The molecule has 0 saturated carbocycles. The van der Waals surface area contributed by atoms with Crippen LogP contribution in [0.15, 0.2) is 25.1 Å². The van der Waals surface area contributed by atoms with Crippen LogP contribution in [0.5, 0.6) is 0 Å². The predicted molar refractivity (Wildman–Crippen MR) is 38.2 cm³/mol. The highest BCUT2D eigenvalue weighted by molar-refractivity contribution is 7.41. The van der Waals surface area contributed by atoms with Crippen molar-refractivity contribution in [2.75, 3.05) is 6.16 Å². The van der Waals surface area contributed by atoms with Crippen molar-refractivity contribution in [1.29, 1.82) is 0 Å². The van der Waals surface area contributed by atoms with E-state index in [1.54, 1.807) is 0 Å². The van der Waals surface area contributed by atoms with Gasteiger partial charge >= 0.3 is 0 Å². The largest absolute Gasteiger partial charge is 0.103 e. The lowest BCUT2D eigenvalue weighted by atomic mass is 10.5. The van der Waals surface area contributed by atoms with Crippen LogP contribution in [-0.2, 0) is 0 Å². The minimum absolute atomic E-state index is 0.914. The molecule has 0 nitrogen and oxygen atoms in total. The Hall–Kier alpha value is -0.0900. The van der Waals surface area contributed by atoms with E-state index in [2.05, 4.69) is 13.2 Å². The Kier molecular flexibility index (Phi) is 5.83. The fraction of sp³-hybridized carbons (Fsp3) is 0.333. The molecule has 7 heavy (non-hydrogen) atoms. The highest BCUT2D eigenvalue weighted by Crippen LogP contribution is 2.10. The summed E-state index contributed by atoms with van der Waals surface area (Å²) < 4.78 is 0. The summed E-state index contributed by atoms with van der Waals surface area (Å²) >= 11 is 0. The lowest BCUT2D eigenvalue weighted by molar-refractivity contribution is 1.25. The second-order valence-electron chi connectivity index (χ2n) is 1.24. The van der Waals surface area contributed by atoms with Crippen LogP contribution in [0, 0.1) is 0 Å². The lowest BCUT2D eigenvalue weighted by Crippen LogP contribution is -1.64. The van der Waals surface area contributed by atoms with Gasteiger partial charge in [0.15, 0.2) is 0 Å². The molecule has 0 aromatic heterocycles. The first kappa shape index (κ1) is 6.91. The topological polar surface area (TPSA) is 0 Å². The van der Waals surface area contributed by atoms with Gasteiger partial charge in [-0.2, -0.15) is 0 Å². The first-order valence-electron chi connectivity index (χ1n) is 2.37. The van der Waals surface area contributed by atoms with Gasteiger partial charge < -0.3 is 0 Å². The van der Waals surface area contributed by atoms with Gasteiger partial charge in [-0.25, -0.2) is 0 Å². The predicted octanol–water partition coefficient (Wildman–Crippen LogP) is 2.38. The standard InChI is InChI=1S/C6H11P/c1-3-5-6-7-4-2/h3-4,7H,1-2,5-6H2. The van der Waals surface area contributed by atoms with E-state index >= 15 is 0 Å². The van der Waals surface area contributed by atoms with E-state index < -0.39 is 0 Å². The van der Waals surface area contributed by atoms with Crippen molar-refractivity contribution in [2.24, 2.45) is 0 Å². The summed E-state index contributed by atoms with van der Waals surface area (Å²) in [4.78, 5) is 0. The van der Waals surface area contributed by atoms with Crippen LogP contribution in [0.2, 0.25) is 0 Å². The molecule has 0 radical (unpaired) electrons. The molecule has 0 aliphatic heterocycles. The van der Waals surface area contributed by atoms with E-state index in [1.807, 2.05) is 11.9 Å². The Morgan fingerprint density at radius 3 is 2.57 bits per heavy atom. The van der Waals surface area contributed by atoms with Crippen molar-refractivity contribution in [3.63, 3.8) is 0 Å². The van der Waals surface area contributed by atoms with Crippen LogP contribution in [0.1, 0.15) is 6.42 Å². The van der Waals surface area contributed by atoms with Crippen LogP contribution < -0.4 is 0 Å². The van der Waals surface area contributed by atoms with E-state index in [1.165, 1.54) is 6.16 Å². The molecule has 0 rings (SSSR count). The molecule has 0 aromatic carbocycles. The average molecular weight is 114 g/mol. The maximum atomic E-state index is 3.61. The minimum Gasteiger partial charge on any atom is -0.103 e. The number of allylic oxidation sites excluding steroid dienone is 1. The van der Waals surface area contributed by atoms with Gasteiger partial charge in [-0.15, -0.1) is 6.58 Å². The van der Waals surface area contributed by atoms with Crippen molar-refractivity contribution in [3.05, 3.63) is 25.1 Å². The summed E-state index contributed by atoms with van der Waals surface area (Å²) in [6, 6.07) is 0. The number of rotatable bonds is 4. The summed E-state index contributed by atoms with van der Waals surface area (Å²) in [5, 5.41) is 0. The Morgan fingerprint density at radius 2 is 2.14 bits per heavy atom. The summed E-state index contributed by atoms with van der Waals surface area (Å²) in [7, 11) is 0.914. The molecule has 0 heterocycles. The Bertz CT molecular complexity index is 49.2. The zero-order valence-corrected chi connectivity index (χ0v) is 5.48. The Morgan fingerprint density at radius 1 is 1.43 bits per heavy atom. The van der Waals surface area contributed by atoms with Gasteiger partial charge in [0, 0.05) is 0 Å². The molecular weight excluding hydrogens is 103 g/mol. The fourth-order valence-corrected chi connectivity index (χ4v) is 0.862. The second kappa shape index (κ2) is 5.91. The maximum absolute atomic E-state index is 3.61. The molecule has 40 valence electrons. The Balaban J connectivity index is 2.68. The van der Waals surface area contributed by atoms with Crippen molar-refractivity contribution < 1.29 is 0 Å². The maximum Gasteiger partial charge on any atom is -0.0284 e. The van der Waals surface area contributed by atoms with Crippen molar-refractivity contribution in [2.45, 2.75) is 6.42 Å². The molecule has 0 aromatic rings. The molecule has 0 amide bonds. The van der Waals surface area contributed by atoms with Crippen LogP contribution in [0.4, 0.5) is 0 Å². The van der Waals surface area contributed by atoms with E-state index in [4.69, 9.17) is 0 Å². The van der Waals surface area contributed by atoms with Gasteiger partial charge in [-0.3, -0.25) is 0 Å². The molecule has 1 atom stereocenters. The molecule has 0 aliphatic carbocycles. The van der Waals surface area contributed by atoms with Gasteiger partial charge in [0.1, 0.15) is 0 Å². The van der Waals surface area contributed by atoms with Gasteiger partial charge in [-0.05, 0) is 12.6 Å². The van der Waals surface area contributed by atoms with Crippen LogP contribution in [0.25, 0.3) is 0 Å². The third kappa shape index (κ3) is 5.91. The first-order valence-corrected chi connectivity index (χ1v) is 3.65. The molecular formula is C6H11P. The summed E-state index contributed by atoms with van der Waals surface area (Å²) in [5.74, 6) is 1.96. The van der Waals surface area contributed by atoms with Crippen LogP contribution in [-0.4, -0.2) is 6.16 Å². The highest BCUT2D eigenvalue weighted by atomic mass is 31.1. The quantitative estimate of drug-likeness (QED) is 0.299. The summed E-state index contributed by atoms with van der Waals surface area (Å²) in [6.45, 7) is 7.21. The smallest absolute Gasteiger partial charge is 0.0284 e. The first-order chi connectivity index (χ1) is 3.41. The van der Waals surface area contributed by atoms with Crippen molar-refractivity contribution in [1.82, 2.24) is 0 Å². The fourth-order valence-electron chi connectivity index (χ4n) is 0.287. The molecule has 0 spiro atoms. The molecule has 1 heteroatoms. The SMILES string of the molecule is C=CCCPC=C. The Labute approximate surface area is 47.1 Å². The highest BCUT2D eigenvalue weighted by Gasteiger charge is 1.73. The van der Waals surface area contributed by atoms with Gasteiger partial charge in [0.25, 0.3) is 0 Å². The molecule has 0 saturated heterocycles. The molecule has 0 N–H and O–H groups in total. The third-order valence-corrected chi connectivity index (χ3v) is 1.50. The lowest BCUT2D eigenvalue weighted by Gasteiger charge is -1.84. The van der Waals surface area contributed by atoms with Crippen molar-refractivity contribution >= 4 is 8.58 Å². The van der Waals surface area contributed by atoms with Gasteiger partial charge in [-0.1, -0.05) is 27.1 Å². The molecule has 0 aliphatic rings. The third-order valence-electron chi connectivity index (χ3n) is 0.637.